The molecule has 3 amide bonds. The van der Waals surface area contributed by atoms with Crippen molar-refractivity contribution in [2.75, 3.05) is 13.6 Å². The van der Waals surface area contributed by atoms with E-state index >= 15 is 0 Å². The second-order valence-corrected chi connectivity index (χ2v) is 8.14. The Morgan fingerprint density at radius 3 is 2.41 bits per heavy atom. The third-order valence-corrected chi connectivity index (χ3v) is 6.36. The van der Waals surface area contributed by atoms with Gasteiger partial charge in [-0.1, -0.05) is 30.4 Å². The van der Waals surface area contributed by atoms with Crippen LogP contribution in [0.3, 0.4) is 0 Å². The van der Waals surface area contributed by atoms with E-state index in [1.54, 1.807) is 17.9 Å². The van der Waals surface area contributed by atoms with Gasteiger partial charge >= 0.3 is 0 Å². The molecule has 5 rings (SSSR count). The normalized spacial score (nSPS) is 27.0. The lowest BCUT2D eigenvalue weighted by Crippen LogP contribution is -2.42. The van der Waals surface area contributed by atoms with Gasteiger partial charge in [-0.3, -0.25) is 19.3 Å². The Morgan fingerprint density at radius 2 is 1.76 bits per heavy atom. The third kappa shape index (κ3) is 2.88. The maximum atomic E-state index is 12.8. The molecule has 0 spiro atoms. The standard InChI is InChI=1S/C22H22N4O3/c1-24(11-14-10-23-26(12-14)17-5-3-2-4-6-17)18(27)13-25-21(28)19-15-7-8-16(9-15)20(19)22(25)29/h2-8,10,12,15-16,19-20H,9,11,13H2,1H3. The Morgan fingerprint density at radius 1 is 1.10 bits per heavy atom. The number of hydrogen-bond donors (Lipinski definition) is 0. The van der Waals surface area contributed by atoms with E-state index in [1.165, 1.54) is 9.80 Å². The number of likely N-dealkylation sites (tertiary alicyclic amines) is 1. The molecular weight excluding hydrogens is 368 g/mol. The van der Waals surface area contributed by atoms with Crippen molar-refractivity contribution in [3.8, 4) is 5.69 Å². The van der Waals surface area contributed by atoms with Crippen molar-refractivity contribution in [2.45, 2.75) is 13.0 Å². The number of nitrogens with zero attached hydrogens (tertiary/aromatic N) is 4. The van der Waals surface area contributed by atoms with Gasteiger partial charge in [0.05, 0.1) is 23.7 Å². The van der Waals surface area contributed by atoms with Crippen molar-refractivity contribution >= 4 is 17.7 Å². The van der Waals surface area contributed by atoms with E-state index in [1.807, 2.05) is 36.5 Å². The summed E-state index contributed by atoms with van der Waals surface area (Å²) in [4.78, 5) is 40.9. The molecule has 2 bridgehead atoms. The highest BCUT2D eigenvalue weighted by atomic mass is 16.2. The van der Waals surface area contributed by atoms with E-state index in [0.717, 1.165) is 17.7 Å². The van der Waals surface area contributed by atoms with Gasteiger partial charge < -0.3 is 4.90 Å². The van der Waals surface area contributed by atoms with Crippen LogP contribution in [0.15, 0.2) is 54.9 Å². The molecule has 3 aliphatic rings. The highest BCUT2D eigenvalue weighted by Gasteiger charge is 2.59. The van der Waals surface area contributed by atoms with Crippen LogP contribution in [0.25, 0.3) is 5.69 Å². The molecule has 1 saturated carbocycles. The Hall–Kier alpha value is -3.22. The number of hydrogen-bond acceptors (Lipinski definition) is 4. The summed E-state index contributed by atoms with van der Waals surface area (Å²) in [6.07, 6.45) is 8.59. The Bertz CT molecular complexity index is 982. The molecule has 0 N–H and O–H groups in total. The zero-order valence-electron chi connectivity index (χ0n) is 16.1. The van der Waals surface area contributed by atoms with Gasteiger partial charge in [0.2, 0.25) is 17.7 Å². The van der Waals surface area contributed by atoms with Crippen molar-refractivity contribution in [1.82, 2.24) is 19.6 Å². The van der Waals surface area contributed by atoms with E-state index in [-0.39, 0.29) is 47.9 Å². The number of likely N-dealkylation sites (N-methyl/N-ethyl adjacent to an activating group) is 1. The lowest BCUT2D eigenvalue weighted by atomic mass is 9.85. The van der Waals surface area contributed by atoms with Crippen LogP contribution in [0.1, 0.15) is 12.0 Å². The zero-order chi connectivity index (χ0) is 20.1. The first-order chi connectivity index (χ1) is 14.0. The predicted molar refractivity (Wildman–Crippen MR) is 104 cm³/mol. The molecule has 7 nitrogen and oxygen atoms in total. The average Bonchev–Trinajstić information content (AvgIpc) is 3.50. The summed E-state index contributed by atoms with van der Waals surface area (Å²) in [5, 5.41) is 4.34. The topological polar surface area (TPSA) is 75.5 Å². The van der Waals surface area contributed by atoms with Gasteiger partial charge in [-0.2, -0.15) is 5.10 Å². The first-order valence-corrected chi connectivity index (χ1v) is 9.89. The van der Waals surface area contributed by atoms with Gasteiger partial charge in [0.15, 0.2) is 0 Å². The van der Waals surface area contributed by atoms with Crippen molar-refractivity contribution in [2.24, 2.45) is 23.7 Å². The molecule has 4 atom stereocenters. The molecule has 2 fully saturated rings. The number of amides is 3. The van der Waals surface area contributed by atoms with E-state index < -0.39 is 0 Å². The second kappa shape index (κ2) is 6.69. The van der Waals surface area contributed by atoms with Crippen molar-refractivity contribution in [3.05, 3.63) is 60.4 Å². The summed E-state index contributed by atoms with van der Waals surface area (Å²) in [7, 11) is 1.68. The van der Waals surface area contributed by atoms with E-state index in [9.17, 15) is 14.4 Å². The molecule has 2 aromatic rings. The number of benzene rings is 1. The molecule has 1 aromatic heterocycles. The predicted octanol–water partition coefficient (Wildman–Crippen LogP) is 1.64. The minimum absolute atomic E-state index is 0.156. The molecule has 29 heavy (non-hydrogen) atoms. The molecule has 2 aliphatic carbocycles. The third-order valence-electron chi connectivity index (χ3n) is 6.36. The molecule has 1 aromatic carbocycles. The molecule has 1 aliphatic heterocycles. The maximum absolute atomic E-state index is 12.8. The highest BCUT2D eigenvalue weighted by molar-refractivity contribution is 6.08. The Labute approximate surface area is 168 Å². The van der Waals surface area contributed by atoms with Crippen molar-refractivity contribution < 1.29 is 14.4 Å². The van der Waals surface area contributed by atoms with Crippen molar-refractivity contribution in [1.29, 1.82) is 0 Å². The average molecular weight is 390 g/mol. The first-order valence-electron chi connectivity index (χ1n) is 9.89. The van der Waals surface area contributed by atoms with Gasteiger partial charge in [0.1, 0.15) is 6.54 Å². The quantitative estimate of drug-likeness (QED) is 0.575. The van der Waals surface area contributed by atoms with Crippen LogP contribution in [0.4, 0.5) is 0 Å². The lowest BCUT2D eigenvalue weighted by Gasteiger charge is -2.21. The number of para-hydroxylation sites is 1. The number of aromatic nitrogens is 2. The molecular formula is C22H22N4O3. The maximum Gasteiger partial charge on any atom is 0.242 e. The fourth-order valence-corrected chi connectivity index (χ4v) is 4.90. The molecule has 4 unspecified atom stereocenters. The molecule has 1 saturated heterocycles. The monoisotopic (exact) mass is 390 g/mol. The number of rotatable bonds is 5. The summed E-state index contributed by atoms with van der Waals surface area (Å²) < 4.78 is 1.76. The Kier molecular flexibility index (Phi) is 4.12. The van der Waals surface area contributed by atoms with Gasteiger partial charge in [-0.25, -0.2) is 4.68 Å². The highest BCUT2D eigenvalue weighted by Crippen LogP contribution is 2.52. The molecule has 7 heteroatoms. The van der Waals surface area contributed by atoms with Gasteiger partial charge in [-0.05, 0) is 30.4 Å². The summed E-state index contributed by atoms with van der Waals surface area (Å²) in [5.41, 5.74) is 1.82. The van der Waals surface area contributed by atoms with Crippen LogP contribution in [0.5, 0.6) is 0 Å². The van der Waals surface area contributed by atoms with E-state index in [0.29, 0.717) is 6.54 Å². The number of carbonyl (C=O) groups is 3. The van der Waals surface area contributed by atoms with E-state index in [4.69, 9.17) is 0 Å². The molecule has 0 radical (unpaired) electrons. The summed E-state index contributed by atoms with van der Waals surface area (Å²) in [5.74, 6) is -0.837. The Balaban J connectivity index is 1.23. The lowest BCUT2D eigenvalue weighted by molar-refractivity contribution is -0.146. The van der Waals surface area contributed by atoms with Crippen LogP contribution in [-0.4, -0.2) is 50.9 Å². The molecule has 2 heterocycles. The van der Waals surface area contributed by atoms with Crippen LogP contribution < -0.4 is 0 Å². The summed E-state index contributed by atoms with van der Waals surface area (Å²) >= 11 is 0. The number of imide groups is 1. The summed E-state index contributed by atoms with van der Waals surface area (Å²) in [6.45, 7) is 0.176. The van der Waals surface area contributed by atoms with Gasteiger partial charge in [0, 0.05) is 25.4 Å². The smallest absolute Gasteiger partial charge is 0.242 e. The number of allylic oxidation sites excluding steroid dienone is 2. The summed E-state index contributed by atoms with van der Waals surface area (Å²) in [6, 6.07) is 9.72. The van der Waals surface area contributed by atoms with Crippen LogP contribution in [-0.2, 0) is 20.9 Å². The van der Waals surface area contributed by atoms with Crippen LogP contribution in [0.2, 0.25) is 0 Å². The minimum Gasteiger partial charge on any atom is -0.340 e. The number of fused-ring (bicyclic) bond motifs is 5. The van der Waals surface area contributed by atoms with Gasteiger partial charge in [-0.15, -0.1) is 0 Å². The zero-order valence-corrected chi connectivity index (χ0v) is 16.1. The number of carbonyl (C=O) groups excluding carboxylic acids is 3. The van der Waals surface area contributed by atoms with Gasteiger partial charge in [0.25, 0.3) is 0 Å². The first kappa shape index (κ1) is 17.8. The minimum atomic E-state index is -0.264. The van der Waals surface area contributed by atoms with Crippen LogP contribution >= 0.6 is 0 Å². The largest absolute Gasteiger partial charge is 0.340 e. The van der Waals surface area contributed by atoms with E-state index in [2.05, 4.69) is 17.3 Å². The fraction of sp³-hybridized carbons (Fsp3) is 0.364. The van der Waals surface area contributed by atoms with Crippen molar-refractivity contribution in [3.63, 3.8) is 0 Å². The molecule has 148 valence electrons. The fourth-order valence-electron chi connectivity index (χ4n) is 4.90. The van der Waals surface area contributed by atoms with Crippen LogP contribution in [0, 0.1) is 23.7 Å². The SMILES string of the molecule is CN(Cc1cnn(-c2ccccc2)c1)C(=O)CN1C(=O)C2C3C=CC(C3)C2C1=O. The second-order valence-electron chi connectivity index (χ2n) is 8.14.